The smallest absolute Gasteiger partial charge is 0.103 e. The summed E-state index contributed by atoms with van der Waals surface area (Å²) in [5.41, 5.74) is 4.87. The van der Waals surface area contributed by atoms with Crippen LogP contribution in [0.15, 0.2) is 30.5 Å². The van der Waals surface area contributed by atoms with Crippen molar-refractivity contribution in [2.45, 2.75) is 32.4 Å². The number of ether oxygens (including phenoxy) is 1. The molecule has 3 rings (SSSR count). The summed E-state index contributed by atoms with van der Waals surface area (Å²) in [5, 5.41) is 14.0. The number of anilines is 1. The number of H-pyrrole nitrogens is 1. The first kappa shape index (κ1) is 16.0. The van der Waals surface area contributed by atoms with E-state index in [0.29, 0.717) is 5.92 Å². The molecule has 124 valence electrons. The van der Waals surface area contributed by atoms with Gasteiger partial charge in [0.1, 0.15) is 6.10 Å². The molecule has 1 fully saturated rings. The van der Waals surface area contributed by atoms with Crippen LogP contribution in [-0.2, 0) is 11.3 Å². The highest BCUT2D eigenvalue weighted by atomic mass is 16.5. The number of hydrogen-bond acceptors (Lipinski definition) is 4. The highest BCUT2D eigenvalue weighted by Gasteiger charge is 2.28. The number of nitrogens with one attached hydrogen (secondary N) is 3. The van der Waals surface area contributed by atoms with Crippen LogP contribution in [0.3, 0.4) is 0 Å². The summed E-state index contributed by atoms with van der Waals surface area (Å²) in [6.07, 6.45) is 4.23. The van der Waals surface area contributed by atoms with E-state index < -0.39 is 0 Å². The van der Waals surface area contributed by atoms with Gasteiger partial charge in [-0.3, -0.25) is 5.10 Å². The Labute approximate surface area is 137 Å². The van der Waals surface area contributed by atoms with Crippen LogP contribution in [0.5, 0.6) is 0 Å². The van der Waals surface area contributed by atoms with Crippen molar-refractivity contribution in [3.63, 3.8) is 0 Å². The van der Waals surface area contributed by atoms with Crippen LogP contribution < -0.4 is 10.6 Å². The SMILES string of the molecule is CNc1ccc(C)cc1CNC[C@@H]1CCCO[C@H]1c1ccn[nH]1. The van der Waals surface area contributed by atoms with Gasteiger partial charge in [-0.25, -0.2) is 0 Å². The number of rotatable bonds is 6. The average Bonchev–Trinajstić information content (AvgIpc) is 3.10. The van der Waals surface area contributed by atoms with Crippen molar-refractivity contribution >= 4 is 5.69 Å². The summed E-state index contributed by atoms with van der Waals surface area (Å²) < 4.78 is 5.98. The summed E-state index contributed by atoms with van der Waals surface area (Å²) in [6, 6.07) is 8.53. The topological polar surface area (TPSA) is 62.0 Å². The van der Waals surface area contributed by atoms with Crippen LogP contribution in [0.2, 0.25) is 0 Å². The van der Waals surface area contributed by atoms with Crippen molar-refractivity contribution in [1.29, 1.82) is 0 Å². The molecule has 2 heterocycles. The highest BCUT2D eigenvalue weighted by Crippen LogP contribution is 2.32. The number of benzene rings is 1. The Hall–Kier alpha value is -1.85. The molecular weight excluding hydrogens is 288 g/mol. The lowest BCUT2D eigenvalue weighted by molar-refractivity contribution is -0.0303. The second-order valence-electron chi connectivity index (χ2n) is 6.25. The predicted octanol–water partition coefficient (Wildman–Crippen LogP) is 3.02. The van der Waals surface area contributed by atoms with E-state index in [0.717, 1.165) is 31.8 Å². The van der Waals surface area contributed by atoms with Crippen molar-refractivity contribution in [3.8, 4) is 0 Å². The zero-order valence-electron chi connectivity index (χ0n) is 13.9. The average molecular weight is 314 g/mol. The second-order valence-corrected chi connectivity index (χ2v) is 6.25. The first-order valence-electron chi connectivity index (χ1n) is 8.37. The quantitative estimate of drug-likeness (QED) is 0.767. The summed E-state index contributed by atoms with van der Waals surface area (Å²) in [4.78, 5) is 0. The number of aromatic nitrogens is 2. The lowest BCUT2D eigenvalue weighted by Gasteiger charge is -2.31. The minimum atomic E-state index is 0.125. The number of hydrogen-bond donors (Lipinski definition) is 3. The molecule has 5 heteroatoms. The van der Waals surface area contributed by atoms with Crippen LogP contribution in [0.1, 0.15) is 35.8 Å². The minimum absolute atomic E-state index is 0.125. The Morgan fingerprint density at radius 3 is 3.04 bits per heavy atom. The lowest BCUT2D eigenvalue weighted by atomic mass is 9.92. The first-order chi connectivity index (χ1) is 11.3. The fraction of sp³-hybridized carbons (Fsp3) is 0.500. The molecule has 0 aliphatic carbocycles. The van der Waals surface area contributed by atoms with E-state index in [4.69, 9.17) is 4.74 Å². The highest BCUT2D eigenvalue weighted by molar-refractivity contribution is 5.52. The predicted molar refractivity (Wildman–Crippen MR) is 92.4 cm³/mol. The Balaban J connectivity index is 1.60. The summed E-state index contributed by atoms with van der Waals surface area (Å²) in [6.45, 7) is 4.78. The molecule has 1 aromatic heterocycles. The van der Waals surface area contributed by atoms with Gasteiger partial charge in [-0.2, -0.15) is 5.10 Å². The Morgan fingerprint density at radius 1 is 1.35 bits per heavy atom. The fourth-order valence-corrected chi connectivity index (χ4v) is 3.33. The van der Waals surface area contributed by atoms with Gasteiger partial charge in [-0.15, -0.1) is 0 Å². The van der Waals surface area contributed by atoms with Gasteiger partial charge in [0.25, 0.3) is 0 Å². The molecule has 0 amide bonds. The maximum absolute atomic E-state index is 5.98. The Kier molecular flexibility index (Phi) is 5.31. The molecule has 0 saturated carbocycles. The van der Waals surface area contributed by atoms with E-state index >= 15 is 0 Å². The molecule has 2 atom stereocenters. The maximum Gasteiger partial charge on any atom is 0.103 e. The minimum Gasteiger partial charge on any atom is -0.388 e. The van der Waals surface area contributed by atoms with Gasteiger partial charge in [0.2, 0.25) is 0 Å². The van der Waals surface area contributed by atoms with Crippen LogP contribution in [0.25, 0.3) is 0 Å². The summed E-state index contributed by atoms with van der Waals surface area (Å²) in [5.74, 6) is 0.479. The van der Waals surface area contributed by atoms with Crippen molar-refractivity contribution < 1.29 is 4.74 Å². The Morgan fingerprint density at radius 2 is 2.26 bits per heavy atom. The van der Waals surface area contributed by atoms with E-state index in [-0.39, 0.29) is 6.10 Å². The molecular formula is C18H26N4O. The van der Waals surface area contributed by atoms with E-state index in [1.165, 1.54) is 23.2 Å². The molecule has 0 unspecified atom stereocenters. The van der Waals surface area contributed by atoms with Gasteiger partial charge >= 0.3 is 0 Å². The maximum atomic E-state index is 5.98. The van der Waals surface area contributed by atoms with E-state index in [1.807, 2.05) is 13.1 Å². The number of aryl methyl sites for hydroxylation is 1. The van der Waals surface area contributed by atoms with Gasteiger partial charge in [0.05, 0.1) is 5.69 Å². The van der Waals surface area contributed by atoms with Crippen LogP contribution in [0, 0.1) is 12.8 Å². The van der Waals surface area contributed by atoms with E-state index in [1.54, 1.807) is 6.20 Å². The molecule has 0 radical (unpaired) electrons. The third kappa shape index (κ3) is 3.92. The van der Waals surface area contributed by atoms with Crippen LogP contribution in [0.4, 0.5) is 5.69 Å². The van der Waals surface area contributed by atoms with Gasteiger partial charge in [-0.1, -0.05) is 17.7 Å². The lowest BCUT2D eigenvalue weighted by Crippen LogP contribution is -2.32. The standard InChI is InChI=1S/C18H26N4O/c1-13-5-6-16(19-2)15(10-13)12-20-11-14-4-3-9-23-18(14)17-7-8-21-22-17/h5-8,10,14,18-20H,3-4,9,11-12H2,1-2H3,(H,21,22)/t14-,18+/m0/s1. The van der Waals surface area contributed by atoms with Crippen LogP contribution >= 0.6 is 0 Å². The molecule has 1 aliphatic heterocycles. The van der Waals surface area contributed by atoms with Gasteiger partial charge < -0.3 is 15.4 Å². The third-order valence-electron chi connectivity index (χ3n) is 4.53. The number of aromatic amines is 1. The molecule has 0 spiro atoms. The normalized spacial score (nSPS) is 21.3. The zero-order chi connectivity index (χ0) is 16.1. The molecule has 2 aromatic rings. The zero-order valence-corrected chi connectivity index (χ0v) is 13.9. The van der Waals surface area contributed by atoms with Crippen molar-refractivity contribution in [1.82, 2.24) is 15.5 Å². The number of nitrogens with zero attached hydrogens (tertiary/aromatic N) is 1. The third-order valence-corrected chi connectivity index (χ3v) is 4.53. The fourth-order valence-electron chi connectivity index (χ4n) is 3.33. The van der Waals surface area contributed by atoms with Crippen molar-refractivity contribution in [2.24, 2.45) is 5.92 Å². The summed E-state index contributed by atoms with van der Waals surface area (Å²) >= 11 is 0. The van der Waals surface area contributed by atoms with Crippen molar-refractivity contribution in [2.75, 3.05) is 25.5 Å². The van der Waals surface area contributed by atoms with E-state index in [2.05, 4.69) is 46.0 Å². The van der Waals surface area contributed by atoms with Gasteiger partial charge in [0, 0.05) is 44.5 Å². The Bertz CT molecular complexity index is 611. The monoisotopic (exact) mass is 314 g/mol. The molecule has 23 heavy (non-hydrogen) atoms. The first-order valence-corrected chi connectivity index (χ1v) is 8.37. The molecule has 1 aliphatic rings. The molecule has 1 aromatic carbocycles. The molecule has 3 N–H and O–H groups in total. The summed E-state index contributed by atoms with van der Waals surface area (Å²) in [7, 11) is 1.97. The van der Waals surface area contributed by atoms with E-state index in [9.17, 15) is 0 Å². The second kappa shape index (κ2) is 7.62. The molecule has 5 nitrogen and oxygen atoms in total. The van der Waals surface area contributed by atoms with Crippen molar-refractivity contribution in [3.05, 3.63) is 47.3 Å². The molecule has 1 saturated heterocycles. The van der Waals surface area contributed by atoms with Crippen LogP contribution in [-0.4, -0.2) is 30.4 Å². The van der Waals surface area contributed by atoms with Gasteiger partial charge in [-0.05, 0) is 37.5 Å². The van der Waals surface area contributed by atoms with Gasteiger partial charge in [0.15, 0.2) is 0 Å². The molecule has 0 bridgehead atoms. The largest absolute Gasteiger partial charge is 0.388 e.